The average Bonchev–Trinajstić information content (AvgIpc) is 2.44. The Morgan fingerprint density at radius 2 is 2.00 bits per heavy atom. The lowest BCUT2D eigenvalue weighted by atomic mass is 10.3. The predicted octanol–water partition coefficient (Wildman–Crippen LogP) is 1.89. The molecule has 1 aromatic rings. The van der Waals surface area contributed by atoms with Gasteiger partial charge in [0.25, 0.3) is 0 Å². The van der Waals surface area contributed by atoms with Crippen molar-refractivity contribution >= 4 is 5.97 Å². The largest absolute Gasteiger partial charge is 0.397 e. The topological polar surface area (TPSA) is 57.2 Å². The van der Waals surface area contributed by atoms with Crippen LogP contribution in [-0.2, 0) is 4.94 Å². The Bertz CT molecular complexity index is 321. The van der Waals surface area contributed by atoms with Crippen molar-refractivity contribution in [2.75, 3.05) is 5.84 Å². The molecule has 0 unspecified atom stereocenters. The van der Waals surface area contributed by atoms with Crippen molar-refractivity contribution in [3.63, 3.8) is 0 Å². The number of carbonyl (C=O) groups is 1. The first-order valence-electron chi connectivity index (χ1n) is 4.35. The van der Waals surface area contributed by atoms with Gasteiger partial charge in [-0.15, -0.1) is 0 Å². The Morgan fingerprint density at radius 1 is 1.50 bits per heavy atom. The van der Waals surface area contributed by atoms with E-state index in [2.05, 4.69) is 4.94 Å². The van der Waals surface area contributed by atoms with Crippen molar-refractivity contribution in [1.82, 2.24) is 4.68 Å². The predicted molar refractivity (Wildman–Crippen MR) is 51.9 cm³/mol. The van der Waals surface area contributed by atoms with Crippen LogP contribution >= 0.6 is 0 Å². The van der Waals surface area contributed by atoms with Gasteiger partial charge in [0.15, 0.2) is 5.69 Å². The van der Waals surface area contributed by atoms with Crippen molar-refractivity contribution in [2.45, 2.75) is 27.7 Å². The Kier molecular flexibility index (Phi) is 4.69. The number of aromatic nitrogens is 1. The minimum Gasteiger partial charge on any atom is -0.339 e. The Morgan fingerprint density at radius 3 is 2.29 bits per heavy atom. The molecule has 0 saturated carbocycles. The van der Waals surface area contributed by atoms with Gasteiger partial charge >= 0.3 is 5.97 Å². The van der Waals surface area contributed by atoms with Crippen LogP contribution in [-0.4, -0.2) is 10.6 Å². The Labute approximate surface area is 82.3 Å². The van der Waals surface area contributed by atoms with Crippen LogP contribution in [0.3, 0.4) is 0 Å². The fourth-order valence-electron chi connectivity index (χ4n) is 1.11. The third kappa shape index (κ3) is 2.25. The number of hydrogen-bond donors (Lipinski definition) is 1. The highest BCUT2D eigenvalue weighted by molar-refractivity contribution is 5.89. The molecule has 0 aliphatic rings. The lowest BCUT2D eigenvalue weighted by molar-refractivity contribution is -0.0796. The summed E-state index contributed by atoms with van der Waals surface area (Å²) < 4.78 is 12.6. The molecular weight excluding hydrogens is 187 g/mol. The Hall–Kier alpha value is -1.52. The van der Waals surface area contributed by atoms with Gasteiger partial charge in [0, 0.05) is 10.2 Å². The maximum atomic E-state index is 11.5. The van der Waals surface area contributed by atoms with Crippen LogP contribution in [0.5, 0.6) is 0 Å². The zero-order valence-electron chi connectivity index (χ0n) is 8.80. The van der Waals surface area contributed by atoms with Gasteiger partial charge in [-0.2, -0.15) is 0 Å². The standard InChI is InChI=1S/C7H9FN2O2.C2H6/c1-4-3-5(2)10(9)6(4)7(11)12-8;1-2/h3H,9H2,1-2H3;1-2H3. The van der Waals surface area contributed by atoms with Crippen molar-refractivity contribution < 1.29 is 14.3 Å². The van der Waals surface area contributed by atoms with Gasteiger partial charge in [-0.25, -0.2) is 9.74 Å². The zero-order valence-corrected chi connectivity index (χ0v) is 8.80. The van der Waals surface area contributed by atoms with Gasteiger partial charge in [-0.3, -0.25) is 4.68 Å². The van der Waals surface area contributed by atoms with Crippen molar-refractivity contribution in [3.05, 3.63) is 23.0 Å². The van der Waals surface area contributed by atoms with Gasteiger partial charge in [-0.05, 0) is 25.5 Å². The summed E-state index contributed by atoms with van der Waals surface area (Å²) in [7, 11) is 0. The molecular formula is C9H15FN2O2. The molecule has 80 valence electrons. The highest BCUT2D eigenvalue weighted by Crippen LogP contribution is 2.12. The lowest BCUT2D eigenvalue weighted by Gasteiger charge is -2.00. The van der Waals surface area contributed by atoms with E-state index < -0.39 is 5.97 Å². The summed E-state index contributed by atoms with van der Waals surface area (Å²) in [5.41, 5.74) is 1.31. The number of carbonyl (C=O) groups excluding carboxylic acids is 1. The molecule has 5 heteroatoms. The van der Waals surface area contributed by atoms with Crippen LogP contribution in [0.15, 0.2) is 6.07 Å². The minimum absolute atomic E-state index is 0.0370. The molecule has 0 fully saturated rings. The fourth-order valence-corrected chi connectivity index (χ4v) is 1.11. The molecule has 0 spiro atoms. The van der Waals surface area contributed by atoms with Crippen LogP contribution in [0, 0.1) is 13.8 Å². The molecule has 0 aliphatic carbocycles. The molecule has 0 bridgehead atoms. The molecule has 1 aromatic heterocycles. The monoisotopic (exact) mass is 202 g/mol. The lowest BCUT2D eigenvalue weighted by Crippen LogP contribution is -2.18. The summed E-state index contributed by atoms with van der Waals surface area (Å²) in [4.78, 5) is 13.8. The molecule has 4 nitrogen and oxygen atoms in total. The van der Waals surface area contributed by atoms with Crippen molar-refractivity contribution in [1.29, 1.82) is 0 Å². The second kappa shape index (κ2) is 5.26. The fraction of sp³-hybridized carbons (Fsp3) is 0.444. The van der Waals surface area contributed by atoms with E-state index in [1.807, 2.05) is 13.8 Å². The molecule has 14 heavy (non-hydrogen) atoms. The second-order valence-electron chi connectivity index (χ2n) is 2.55. The van der Waals surface area contributed by atoms with Crippen LogP contribution in [0.4, 0.5) is 4.53 Å². The molecule has 0 saturated heterocycles. The van der Waals surface area contributed by atoms with E-state index in [0.29, 0.717) is 11.3 Å². The van der Waals surface area contributed by atoms with E-state index in [1.54, 1.807) is 19.9 Å². The number of nitrogens with zero attached hydrogens (tertiary/aromatic N) is 1. The molecule has 0 atom stereocenters. The number of rotatable bonds is 1. The zero-order chi connectivity index (χ0) is 11.3. The maximum Gasteiger partial charge on any atom is 0.397 e. The van der Waals surface area contributed by atoms with Gasteiger partial charge in [0.1, 0.15) is 0 Å². The number of nitrogens with two attached hydrogens (primary N) is 1. The van der Waals surface area contributed by atoms with E-state index >= 15 is 0 Å². The summed E-state index contributed by atoms with van der Waals surface area (Å²) in [6.45, 7) is 7.37. The number of aryl methyl sites for hydroxylation is 2. The highest BCUT2D eigenvalue weighted by Gasteiger charge is 2.17. The van der Waals surface area contributed by atoms with Crippen molar-refractivity contribution in [2.24, 2.45) is 0 Å². The molecule has 0 aliphatic heterocycles. The molecule has 0 radical (unpaired) electrons. The molecule has 1 heterocycles. The summed E-state index contributed by atoms with van der Waals surface area (Å²) in [6.07, 6.45) is 0. The SMILES string of the molecule is CC.Cc1cc(C)n(N)c1C(=O)OF. The van der Waals surface area contributed by atoms with E-state index in [1.165, 1.54) is 0 Å². The highest BCUT2D eigenvalue weighted by atomic mass is 19.3. The van der Waals surface area contributed by atoms with E-state index in [-0.39, 0.29) is 5.69 Å². The first-order valence-corrected chi connectivity index (χ1v) is 4.35. The molecule has 0 amide bonds. The Balaban J connectivity index is 0.000000791. The summed E-state index contributed by atoms with van der Waals surface area (Å²) in [5, 5.41) is 0. The third-order valence-corrected chi connectivity index (χ3v) is 1.68. The smallest absolute Gasteiger partial charge is 0.339 e. The maximum absolute atomic E-state index is 11.5. The summed E-state index contributed by atoms with van der Waals surface area (Å²) >= 11 is 0. The van der Waals surface area contributed by atoms with Crippen LogP contribution < -0.4 is 5.84 Å². The molecule has 2 N–H and O–H groups in total. The second-order valence-corrected chi connectivity index (χ2v) is 2.55. The van der Waals surface area contributed by atoms with E-state index in [9.17, 15) is 9.32 Å². The van der Waals surface area contributed by atoms with Gasteiger partial charge in [-0.1, -0.05) is 13.8 Å². The van der Waals surface area contributed by atoms with Gasteiger partial charge in [0.05, 0.1) is 0 Å². The summed E-state index contributed by atoms with van der Waals surface area (Å²) in [6, 6.07) is 1.67. The van der Waals surface area contributed by atoms with Crippen LogP contribution in [0.25, 0.3) is 0 Å². The first-order chi connectivity index (χ1) is 6.57. The third-order valence-electron chi connectivity index (χ3n) is 1.68. The molecule has 1 rings (SSSR count). The number of nitrogen functional groups attached to an aromatic ring is 1. The van der Waals surface area contributed by atoms with Crippen LogP contribution in [0.2, 0.25) is 0 Å². The summed E-state index contributed by atoms with van der Waals surface area (Å²) in [5.74, 6) is 4.36. The van der Waals surface area contributed by atoms with Crippen molar-refractivity contribution in [3.8, 4) is 0 Å². The van der Waals surface area contributed by atoms with E-state index in [0.717, 1.165) is 4.68 Å². The number of hydrogen-bond acceptors (Lipinski definition) is 3. The first kappa shape index (κ1) is 12.5. The average molecular weight is 202 g/mol. The van der Waals surface area contributed by atoms with Gasteiger partial charge in [0.2, 0.25) is 0 Å². The minimum atomic E-state index is -1.07. The number of halogens is 1. The normalized spacial score (nSPS) is 8.93. The van der Waals surface area contributed by atoms with Crippen LogP contribution in [0.1, 0.15) is 35.6 Å². The quantitative estimate of drug-likeness (QED) is 0.707. The van der Waals surface area contributed by atoms with Gasteiger partial charge < -0.3 is 5.84 Å². The molecule has 0 aromatic carbocycles. The van der Waals surface area contributed by atoms with E-state index in [4.69, 9.17) is 5.84 Å².